The first kappa shape index (κ1) is 29.7. The normalized spacial score (nSPS) is 14.0. The Hall–Kier alpha value is -4.41. The van der Waals surface area contributed by atoms with Gasteiger partial charge in [0.25, 0.3) is 5.91 Å². The maximum atomic E-state index is 13.8. The second-order valence-corrected chi connectivity index (χ2v) is 12.9. The summed E-state index contributed by atoms with van der Waals surface area (Å²) in [5.74, 6) is -0.162. The molecule has 44 heavy (non-hydrogen) atoms. The Morgan fingerprint density at radius 2 is 1.91 bits per heavy atom. The van der Waals surface area contributed by atoms with Gasteiger partial charge in [0.1, 0.15) is 5.54 Å². The van der Waals surface area contributed by atoms with Gasteiger partial charge in [-0.3, -0.25) is 14.3 Å². The van der Waals surface area contributed by atoms with Crippen LogP contribution in [-0.2, 0) is 33.8 Å². The van der Waals surface area contributed by atoms with Crippen molar-refractivity contribution in [3.8, 4) is 11.3 Å². The van der Waals surface area contributed by atoms with E-state index >= 15 is 0 Å². The molecule has 9 nitrogen and oxygen atoms in total. The van der Waals surface area contributed by atoms with Crippen LogP contribution in [0, 0.1) is 6.92 Å². The predicted octanol–water partition coefficient (Wildman–Crippen LogP) is 5.82. The van der Waals surface area contributed by atoms with E-state index in [1.807, 2.05) is 68.7 Å². The van der Waals surface area contributed by atoms with Gasteiger partial charge in [0.15, 0.2) is 0 Å². The molecule has 3 heterocycles. The molecule has 1 aliphatic carbocycles. The lowest BCUT2D eigenvalue weighted by Gasteiger charge is -2.27. The van der Waals surface area contributed by atoms with Crippen LogP contribution in [0.2, 0.25) is 0 Å². The summed E-state index contributed by atoms with van der Waals surface area (Å²) in [5, 5.41) is 10.9. The first-order chi connectivity index (χ1) is 21.1. The number of ether oxygens (including phenoxy) is 1. The molecule has 1 fully saturated rings. The van der Waals surface area contributed by atoms with Crippen LogP contribution in [0.1, 0.15) is 59.4 Å². The van der Waals surface area contributed by atoms with Gasteiger partial charge >= 0.3 is 0 Å². The number of fused-ring (bicyclic) bond motifs is 1. The van der Waals surface area contributed by atoms with Crippen molar-refractivity contribution < 1.29 is 14.3 Å². The lowest BCUT2D eigenvalue weighted by molar-refractivity contribution is -0.137. The van der Waals surface area contributed by atoms with E-state index in [0.717, 1.165) is 57.4 Å². The minimum Gasteiger partial charge on any atom is -0.370 e. The van der Waals surface area contributed by atoms with Gasteiger partial charge < -0.3 is 15.0 Å². The maximum Gasteiger partial charge on any atom is 0.252 e. The highest BCUT2D eigenvalue weighted by molar-refractivity contribution is 7.07. The number of thiazole rings is 1. The molecule has 226 valence electrons. The largest absolute Gasteiger partial charge is 0.370 e. The second kappa shape index (κ2) is 11.6. The number of nitrogens with one attached hydrogen (secondary N) is 1. The SMILES string of the molecule is Cc1ccc(COCc2cscn2)cc1C(=O)NC1(c2cc(-c3cnn(C(C)(C)C(=O)N(C)C)c3)nc3ccccc23)CC1. The highest BCUT2D eigenvalue weighted by Gasteiger charge is 2.47. The zero-order valence-corrected chi connectivity index (χ0v) is 26.4. The van der Waals surface area contributed by atoms with Crippen molar-refractivity contribution in [3.63, 3.8) is 0 Å². The highest BCUT2D eigenvalue weighted by Crippen LogP contribution is 2.49. The standard InChI is InChI=1S/C34H36N6O3S/c1-22-10-11-23(18-43-19-25-20-44-21-35-25)14-27(22)31(41)38-34(12-13-34)28-15-30(37-29-9-7-6-8-26(28)29)24-16-36-40(17-24)33(2,3)32(42)39(4)5/h6-11,14-17,20-21H,12-13,18-19H2,1-5H3,(H,38,41). The van der Waals surface area contributed by atoms with E-state index < -0.39 is 11.1 Å². The molecular weight excluding hydrogens is 572 g/mol. The molecule has 0 radical (unpaired) electrons. The predicted molar refractivity (Wildman–Crippen MR) is 171 cm³/mol. The molecule has 3 aromatic heterocycles. The zero-order valence-electron chi connectivity index (χ0n) is 25.6. The summed E-state index contributed by atoms with van der Waals surface area (Å²) in [6.45, 7) is 6.48. The van der Waals surface area contributed by atoms with Crippen molar-refractivity contribution in [3.05, 3.63) is 99.8 Å². The molecule has 0 bridgehead atoms. The first-order valence-corrected chi connectivity index (χ1v) is 15.6. The number of benzene rings is 2. The molecular formula is C34H36N6O3S. The van der Waals surface area contributed by atoms with Crippen molar-refractivity contribution in [2.24, 2.45) is 0 Å². The third kappa shape index (κ3) is 5.75. The lowest BCUT2D eigenvalue weighted by Crippen LogP contribution is -2.44. The fourth-order valence-corrected chi connectivity index (χ4v) is 6.13. The van der Waals surface area contributed by atoms with E-state index in [9.17, 15) is 9.59 Å². The molecule has 1 N–H and O–H groups in total. The average molecular weight is 609 g/mol. The van der Waals surface area contributed by atoms with E-state index in [-0.39, 0.29) is 11.8 Å². The van der Waals surface area contributed by atoms with Crippen LogP contribution in [0.4, 0.5) is 0 Å². The Morgan fingerprint density at radius 1 is 1.11 bits per heavy atom. The summed E-state index contributed by atoms with van der Waals surface area (Å²) in [6, 6.07) is 16.0. The molecule has 1 saturated carbocycles. The topological polar surface area (TPSA) is 102 Å². The van der Waals surface area contributed by atoms with E-state index in [2.05, 4.69) is 27.5 Å². The van der Waals surface area contributed by atoms with Gasteiger partial charge in [-0.2, -0.15) is 5.10 Å². The Bertz CT molecular complexity index is 1840. The molecule has 10 heteroatoms. The first-order valence-electron chi connectivity index (χ1n) is 14.6. The van der Waals surface area contributed by atoms with Crippen molar-refractivity contribution in [2.45, 2.75) is 57.9 Å². The number of amides is 2. The number of hydrogen-bond donors (Lipinski definition) is 1. The van der Waals surface area contributed by atoms with Crippen LogP contribution in [0.25, 0.3) is 22.2 Å². The van der Waals surface area contributed by atoms with Crippen LogP contribution in [0.15, 0.2) is 71.8 Å². The molecule has 0 aliphatic heterocycles. The smallest absolute Gasteiger partial charge is 0.252 e. The third-order valence-corrected chi connectivity index (χ3v) is 8.90. The monoisotopic (exact) mass is 608 g/mol. The fourth-order valence-electron chi connectivity index (χ4n) is 5.58. The molecule has 6 rings (SSSR count). The number of aryl methyl sites for hydroxylation is 1. The van der Waals surface area contributed by atoms with Crippen LogP contribution in [-0.4, -0.2) is 50.6 Å². The molecule has 0 spiro atoms. The molecule has 1 aliphatic rings. The minimum absolute atomic E-state index is 0.0515. The molecule has 2 amide bonds. The van der Waals surface area contributed by atoms with Gasteiger partial charge in [-0.25, -0.2) is 9.97 Å². The molecule has 0 atom stereocenters. The number of likely N-dealkylation sites (N-methyl/N-ethyl adjacent to an activating group) is 1. The van der Waals surface area contributed by atoms with E-state index in [0.29, 0.717) is 18.8 Å². The van der Waals surface area contributed by atoms with Crippen LogP contribution in [0.5, 0.6) is 0 Å². The summed E-state index contributed by atoms with van der Waals surface area (Å²) < 4.78 is 7.54. The van der Waals surface area contributed by atoms with Gasteiger partial charge in [0.05, 0.1) is 47.4 Å². The van der Waals surface area contributed by atoms with Crippen molar-refractivity contribution in [1.82, 2.24) is 30.0 Å². The van der Waals surface area contributed by atoms with Crippen molar-refractivity contribution >= 4 is 34.1 Å². The highest BCUT2D eigenvalue weighted by atomic mass is 32.1. The van der Waals surface area contributed by atoms with Gasteiger partial charge in [0.2, 0.25) is 5.91 Å². The van der Waals surface area contributed by atoms with Crippen LogP contribution >= 0.6 is 11.3 Å². The maximum absolute atomic E-state index is 13.8. The number of aromatic nitrogens is 4. The van der Waals surface area contributed by atoms with Gasteiger partial charge in [-0.1, -0.05) is 30.3 Å². The molecule has 0 saturated heterocycles. The summed E-state index contributed by atoms with van der Waals surface area (Å²) >= 11 is 1.54. The molecule has 2 aromatic carbocycles. The summed E-state index contributed by atoms with van der Waals surface area (Å²) in [5.41, 5.74) is 7.23. The third-order valence-electron chi connectivity index (χ3n) is 8.26. The minimum atomic E-state index is -0.856. The van der Waals surface area contributed by atoms with Crippen LogP contribution in [0.3, 0.4) is 0 Å². The Balaban J connectivity index is 1.28. The van der Waals surface area contributed by atoms with E-state index in [4.69, 9.17) is 9.72 Å². The number of carbonyl (C=O) groups excluding carboxylic acids is 2. The average Bonchev–Trinajstić information content (AvgIpc) is 3.36. The Morgan fingerprint density at radius 3 is 2.64 bits per heavy atom. The summed E-state index contributed by atoms with van der Waals surface area (Å²) in [4.78, 5) is 37.4. The number of hydrogen-bond acceptors (Lipinski definition) is 7. The Labute approximate surface area is 260 Å². The number of pyridine rings is 1. The zero-order chi connectivity index (χ0) is 31.1. The fraction of sp³-hybridized carbons (Fsp3) is 0.324. The number of para-hydroxylation sites is 1. The summed E-state index contributed by atoms with van der Waals surface area (Å²) in [7, 11) is 3.48. The second-order valence-electron chi connectivity index (χ2n) is 12.2. The van der Waals surface area contributed by atoms with Gasteiger partial charge in [-0.05, 0) is 68.5 Å². The van der Waals surface area contributed by atoms with Gasteiger partial charge in [-0.15, -0.1) is 11.3 Å². The molecule has 0 unspecified atom stereocenters. The number of rotatable bonds is 10. The van der Waals surface area contributed by atoms with Crippen molar-refractivity contribution in [2.75, 3.05) is 14.1 Å². The van der Waals surface area contributed by atoms with Gasteiger partial charge in [0, 0.05) is 42.2 Å². The summed E-state index contributed by atoms with van der Waals surface area (Å²) in [6.07, 6.45) is 5.26. The van der Waals surface area contributed by atoms with E-state index in [1.54, 1.807) is 46.7 Å². The van der Waals surface area contributed by atoms with E-state index in [1.165, 1.54) is 0 Å². The Kier molecular flexibility index (Phi) is 7.81. The molecule has 5 aromatic rings. The quantitative estimate of drug-likeness (QED) is 0.214. The van der Waals surface area contributed by atoms with Crippen LogP contribution < -0.4 is 5.32 Å². The lowest BCUT2D eigenvalue weighted by atomic mass is 9.96. The number of carbonyl (C=O) groups is 2. The number of nitrogens with zero attached hydrogens (tertiary/aromatic N) is 5. The van der Waals surface area contributed by atoms with Crippen molar-refractivity contribution in [1.29, 1.82) is 0 Å².